The summed E-state index contributed by atoms with van der Waals surface area (Å²) in [5.41, 5.74) is 2.83. The molecule has 2 heterocycles. The van der Waals surface area contributed by atoms with Gasteiger partial charge in [-0.3, -0.25) is 9.59 Å². The maximum atomic E-state index is 13.1. The van der Waals surface area contributed by atoms with Gasteiger partial charge in [0.2, 0.25) is 0 Å². The Morgan fingerprint density at radius 3 is 2.36 bits per heavy atom. The molecule has 1 amide bonds. The van der Waals surface area contributed by atoms with Gasteiger partial charge in [0.05, 0.1) is 22.2 Å². The Morgan fingerprint density at radius 1 is 0.976 bits per heavy atom. The molecule has 0 spiro atoms. The van der Waals surface area contributed by atoms with E-state index in [9.17, 15) is 9.59 Å². The van der Waals surface area contributed by atoms with Crippen molar-refractivity contribution in [3.05, 3.63) is 77.3 Å². The Hall–Kier alpha value is -3.78. The van der Waals surface area contributed by atoms with Crippen molar-refractivity contribution in [2.45, 2.75) is 64.8 Å². The number of aryl methyl sites for hydroxylation is 1. The molecule has 1 N–H and O–H groups in total. The number of nitrogens with one attached hydrogen (secondary N) is 1. The number of thiophene rings is 1. The number of nitrogens with zero attached hydrogens (tertiary/aromatic N) is 1. The van der Waals surface area contributed by atoms with Crippen LogP contribution in [0.25, 0.3) is 10.2 Å². The molecule has 2 aliphatic rings. The number of aromatic nitrogens is 1. The maximum Gasteiger partial charge on any atom is 0.310 e. The molecule has 4 atom stereocenters. The SMILES string of the molecule is Cn1c(C(=O)Nc2ccccc2COc2ccc(OC3C[C@H]4CC[C@@H](C3)C4C(=O)OC(C)(C)C)cc2)cc2sccc21. The van der Waals surface area contributed by atoms with Crippen molar-refractivity contribution in [3.63, 3.8) is 0 Å². The van der Waals surface area contributed by atoms with E-state index in [0.717, 1.165) is 58.6 Å². The third-order valence-corrected chi connectivity index (χ3v) is 9.27. The van der Waals surface area contributed by atoms with Crippen LogP contribution in [0.15, 0.2) is 66.0 Å². The fourth-order valence-corrected chi connectivity index (χ4v) is 7.36. The highest BCUT2D eigenvalue weighted by Gasteiger charge is 2.48. The number of esters is 1. The highest BCUT2D eigenvalue weighted by atomic mass is 32.1. The van der Waals surface area contributed by atoms with Gasteiger partial charge in [0.15, 0.2) is 0 Å². The van der Waals surface area contributed by atoms with Crippen molar-refractivity contribution < 1.29 is 23.8 Å². The Balaban J connectivity index is 1.03. The molecule has 2 aromatic heterocycles. The number of benzene rings is 2. The molecule has 0 radical (unpaired) electrons. The number of anilines is 1. The molecular weight excluding hydrogens is 548 g/mol. The number of rotatable bonds is 8. The minimum absolute atomic E-state index is 0.00286. The van der Waals surface area contributed by atoms with Gasteiger partial charge in [-0.1, -0.05) is 18.2 Å². The highest BCUT2D eigenvalue weighted by molar-refractivity contribution is 7.17. The van der Waals surface area contributed by atoms with Crippen LogP contribution in [0, 0.1) is 17.8 Å². The van der Waals surface area contributed by atoms with Gasteiger partial charge < -0.3 is 24.1 Å². The lowest BCUT2D eigenvalue weighted by Gasteiger charge is -2.35. The average molecular weight is 587 g/mol. The number of hydrogen-bond acceptors (Lipinski definition) is 6. The molecule has 2 bridgehead atoms. The lowest BCUT2D eigenvalue weighted by molar-refractivity contribution is -0.165. The lowest BCUT2D eigenvalue weighted by atomic mass is 9.77. The summed E-state index contributed by atoms with van der Waals surface area (Å²) in [7, 11) is 1.91. The van der Waals surface area contributed by atoms with Crippen molar-refractivity contribution in [1.29, 1.82) is 0 Å². The molecule has 0 aliphatic heterocycles. The summed E-state index contributed by atoms with van der Waals surface area (Å²) in [6.07, 6.45) is 3.98. The fraction of sp³-hybridized carbons (Fsp3) is 0.412. The smallest absolute Gasteiger partial charge is 0.310 e. The van der Waals surface area contributed by atoms with E-state index < -0.39 is 5.60 Å². The lowest BCUT2D eigenvalue weighted by Crippen LogP contribution is -2.39. The molecular formula is C34H38N2O5S. The first-order valence-electron chi connectivity index (χ1n) is 14.7. The highest BCUT2D eigenvalue weighted by Crippen LogP contribution is 2.48. The van der Waals surface area contributed by atoms with Gasteiger partial charge in [0.25, 0.3) is 5.91 Å². The van der Waals surface area contributed by atoms with Gasteiger partial charge in [-0.25, -0.2) is 0 Å². The molecule has 8 heteroatoms. The number of amides is 1. The molecule has 6 rings (SSSR count). The number of ether oxygens (including phenoxy) is 3. The minimum Gasteiger partial charge on any atom is -0.490 e. The summed E-state index contributed by atoms with van der Waals surface area (Å²) >= 11 is 1.62. The topological polar surface area (TPSA) is 78.8 Å². The van der Waals surface area contributed by atoms with E-state index in [1.54, 1.807) is 11.3 Å². The fourth-order valence-electron chi connectivity index (χ4n) is 6.51. The van der Waals surface area contributed by atoms with Crippen molar-refractivity contribution in [2.24, 2.45) is 24.8 Å². The Labute approximate surface area is 250 Å². The van der Waals surface area contributed by atoms with Crippen LogP contribution in [0.2, 0.25) is 0 Å². The van der Waals surface area contributed by atoms with Crippen LogP contribution < -0.4 is 14.8 Å². The molecule has 7 nitrogen and oxygen atoms in total. The van der Waals surface area contributed by atoms with Crippen molar-refractivity contribution >= 4 is 39.1 Å². The number of hydrogen-bond donors (Lipinski definition) is 1. The van der Waals surface area contributed by atoms with E-state index in [1.165, 1.54) is 0 Å². The molecule has 220 valence electrons. The quantitative estimate of drug-likeness (QED) is 0.215. The zero-order valence-electron chi connectivity index (χ0n) is 24.6. The molecule has 2 fully saturated rings. The van der Waals surface area contributed by atoms with Gasteiger partial charge >= 0.3 is 5.97 Å². The van der Waals surface area contributed by atoms with E-state index >= 15 is 0 Å². The Morgan fingerprint density at radius 2 is 1.67 bits per heavy atom. The van der Waals surface area contributed by atoms with Crippen molar-refractivity contribution in [1.82, 2.24) is 4.57 Å². The van der Waals surface area contributed by atoms with Gasteiger partial charge in [0.1, 0.15) is 29.4 Å². The number of carbonyl (C=O) groups excluding carboxylic acids is 2. The molecule has 2 aromatic carbocycles. The van der Waals surface area contributed by atoms with Crippen LogP contribution in [-0.2, 0) is 23.2 Å². The second kappa shape index (κ2) is 11.5. The zero-order chi connectivity index (χ0) is 29.4. The molecule has 0 saturated heterocycles. The van der Waals surface area contributed by atoms with Crippen molar-refractivity contribution in [3.8, 4) is 11.5 Å². The van der Waals surface area contributed by atoms with Gasteiger partial charge in [-0.05, 0) is 106 Å². The minimum atomic E-state index is -0.455. The summed E-state index contributed by atoms with van der Waals surface area (Å²) in [5.74, 6) is 1.98. The Kier molecular flexibility index (Phi) is 7.75. The monoisotopic (exact) mass is 586 g/mol. The second-order valence-corrected chi connectivity index (χ2v) is 13.4. The summed E-state index contributed by atoms with van der Waals surface area (Å²) in [4.78, 5) is 25.9. The second-order valence-electron chi connectivity index (χ2n) is 12.5. The average Bonchev–Trinajstić information content (AvgIpc) is 3.61. The third kappa shape index (κ3) is 6.04. The van der Waals surface area contributed by atoms with Gasteiger partial charge in [-0.15, -0.1) is 11.3 Å². The predicted octanol–water partition coefficient (Wildman–Crippen LogP) is 7.60. The third-order valence-electron chi connectivity index (χ3n) is 8.42. The number of para-hydroxylation sites is 1. The van der Waals surface area contributed by atoms with Crippen LogP contribution in [0.5, 0.6) is 11.5 Å². The van der Waals surface area contributed by atoms with E-state index in [0.29, 0.717) is 24.1 Å². The molecule has 4 aromatic rings. The number of carbonyl (C=O) groups is 2. The van der Waals surface area contributed by atoms with Crippen LogP contribution in [0.1, 0.15) is 62.5 Å². The summed E-state index contributed by atoms with van der Waals surface area (Å²) in [6.45, 7) is 6.11. The molecule has 2 unspecified atom stereocenters. The largest absolute Gasteiger partial charge is 0.490 e. The van der Waals surface area contributed by atoms with Crippen LogP contribution in [-0.4, -0.2) is 28.1 Å². The summed E-state index contributed by atoms with van der Waals surface area (Å²) in [5, 5.41) is 5.09. The predicted molar refractivity (Wildman–Crippen MR) is 165 cm³/mol. The van der Waals surface area contributed by atoms with E-state index in [1.807, 2.05) is 98.4 Å². The molecule has 42 heavy (non-hydrogen) atoms. The summed E-state index contributed by atoms with van der Waals surface area (Å²) in [6, 6.07) is 19.3. The normalized spacial score (nSPS) is 21.7. The van der Waals surface area contributed by atoms with Gasteiger partial charge in [0, 0.05) is 18.3 Å². The van der Waals surface area contributed by atoms with Crippen LogP contribution >= 0.6 is 11.3 Å². The zero-order valence-corrected chi connectivity index (χ0v) is 25.4. The standard InChI is InChI=1S/C34H38N2O5S/c1-34(2,3)41-33(38)31-21-9-10-22(31)18-26(17-21)40-25-13-11-24(12-14-25)39-20-23-7-5-6-8-27(23)35-32(37)29-19-30-28(36(29)4)15-16-42-30/h5-8,11-16,19,21-22,26,31H,9-10,17-18,20H2,1-4H3,(H,35,37)/t21-,22+,26?,31?. The first-order chi connectivity index (χ1) is 20.1. The molecule has 2 saturated carbocycles. The van der Waals surface area contributed by atoms with Gasteiger partial charge in [-0.2, -0.15) is 0 Å². The van der Waals surface area contributed by atoms with Crippen LogP contribution in [0.4, 0.5) is 5.69 Å². The maximum absolute atomic E-state index is 13.1. The molecule has 2 aliphatic carbocycles. The number of fused-ring (bicyclic) bond motifs is 3. The first kappa shape index (κ1) is 28.3. The van der Waals surface area contributed by atoms with Crippen LogP contribution in [0.3, 0.4) is 0 Å². The van der Waals surface area contributed by atoms with E-state index in [-0.39, 0.29) is 23.9 Å². The van der Waals surface area contributed by atoms with E-state index in [4.69, 9.17) is 14.2 Å². The first-order valence-corrected chi connectivity index (χ1v) is 15.6. The Bertz CT molecular complexity index is 1570. The van der Waals surface area contributed by atoms with Crippen molar-refractivity contribution in [2.75, 3.05) is 5.32 Å². The summed E-state index contributed by atoms with van der Waals surface area (Å²) < 4.78 is 21.2. The van der Waals surface area contributed by atoms with E-state index in [2.05, 4.69) is 5.32 Å².